The number of aryl methyl sites for hydroxylation is 1. The molecule has 2 aromatic rings. The van der Waals surface area contributed by atoms with Gasteiger partial charge in [-0.05, 0) is 71.5 Å². The molecule has 21 heavy (non-hydrogen) atoms. The lowest BCUT2D eigenvalue weighted by Gasteiger charge is -2.17. The summed E-state index contributed by atoms with van der Waals surface area (Å²) in [4.78, 5) is 13.9. The van der Waals surface area contributed by atoms with Gasteiger partial charge in [-0.25, -0.2) is 0 Å². The minimum Gasteiger partial charge on any atom is -0.492 e. The summed E-state index contributed by atoms with van der Waals surface area (Å²) in [7, 11) is 1.79. The molecule has 0 bridgehead atoms. The van der Waals surface area contributed by atoms with Crippen molar-refractivity contribution in [2.24, 2.45) is 0 Å². The Labute approximate surface area is 139 Å². The van der Waals surface area contributed by atoms with Gasteiger partial charge in [0.05, 0.1) is 6.54 Å². The highest BCUT2D eigenvalue weighted by atomic mass is 127. The summed E-state index contributed by atoms with van der Waals surface area (Å²) in [5, 5.41) is 0. The normalized spacial score (nSPS) is 10.2. The van der Waals surface area contributed by atoms with E-state index in [0.29, 0.717) is 18.7 Å². The van der Waals surface area contributed by atoms with Crippen molar-refractivity contribution in [3.63, 3.8) is 0 Å². The smallest absolute Gasteiger partial charge is 0.253 e. The van der Waals surface area contributed by atoms with Crippen molar-refractivity contribution in [3.8, 4) is 5.75 Å². The van der Waals surface area contributed by atoms with E-state index in [1.165, 1.54) is 0 Å². The zero-order chi connectivity index (χ0) is 15.2. The van der Waals surface area contributed by atoms with Crippen LogP contribution in [0.15, 0.2) is 48.5 Å². The molecule has 110 valence electrons. The van der Waals surface area contributed by atoms with Gasteiger partial charge in [0.1, 0.15) is 12.4 Å². The largest absolute Gasteiger partial charge is 0.492 e. The van der Waals surface area contributed by atoms with Crippen LogP contribution in [-0.4, -0.2) is 31.0 Å². The molecule has 0 aliphatic carbocycles. The highest BCUT2D eigenvalue weighted by Gasteiger charge is 2.11. The van der Waals surface area contributed by atoms with Crippen molar-refractivity contribution < 1.29 is 9.53 Å². The molecule has 3 nitrogen and oxygen atoms in total. The van der Waals surface area contributed by atoms with E-state index in [9.17, 15) is 4.79 Å². The fourth-order valence-electron chi connectivity index (χ4n) is 1.92. The summed E-state index contributed by atoms with van der Waals surface area (Å²) in [5.41, 5.74) is 1.87. The molecule has 0 heterocycles. The number of hydrogen-bond acceptors (Lipinski definition) is 2. The average molecular weight is 395 g/mol. The minimum atomic E-state index is 0.0132. The van der Waals surface area contributed by atoms with Gasteiger partial charge >= 0.3 is 0 Å². The van der Waals surface area contributed by atoms with Crippen molar-refractivity contribution >= 4 is 28.5 Å². The molecule has 1 amide bonds. The lowest BCUT2D eigenvalue weighted by molar-refractivity contribution is 0.0773. The molecule has 0 spiro atoms. The predicted molar refractivity (Wildman–Crippen MR) is 92.8 cm³/mol. The van der Waals surface area contributed by atoms with Gasteiger partial charge in [0.15, 0.2) is 0 Å². The van der Waals surface area contributed by atoms with Crippen molar-refractivity contribution in [2.45, 2.75) is 6.92 Å². The summed E-state index contributed by atoms with van der Waals surface area (Å²) < 4.78 is 6.79. The maximum absolute atomic E-state index is 12.2. The standard InChI is InChI=1S/C17H18INO2/c1-13-4-3-5-16(12-13)21-11-10-19(2)17(20)14-6-8-15(18)9-7-14/h3-9,12H,10-11H2,1-2H3. The van der Waals surface area contributed by atoms with Crippen LogP contribution in [0.2, 0.25) is 0 Å². The van der Waals surface area contributed by atoms with E-state index in [1.807, 2.05) is 55.5 Å². The van der Waals surface area contributed by atoms with Crippen molar-refractivity contribution in [1.82, 2.24) is 4.90 Å². The van der Waals surface area contributed by atoms with Crippen LogP contribution in [0.4, 0.5) is 0 Å². The molecule has 0 aromatic heterocycles. The Bertz CT molecular complexity index is 610. The van der Waals surface area contributed by atoms with Crippen LogP contribution in [0.25, 0.3) is 0 Å². The third-order valence-corrected chi connectivity index (χ3v) is 3.84. The topological polar surface area (TPSA) is 29.5 Å². The molecular weight excluding hydrogens is 377 g/mol. The van der Waals surface area contributed by atoms with Crippen LogP contribution in [0.5, 0.6) is 5.75 Å². The first-order valence-corrected chi connectivity index (χ1v) is 7.84. The number of ether oxygens (including phenoxy) is 1. The summed E-state index contributed by atoms with van der Waals surface area (Å²) in [6.45, 7) is 3.06. The number of amides is 1. The SMILES string of the molecule is Cc1cccc(OCCN(C)C(=O)c2ccc(I)cc2)c1. The van der Waals surface area contributed by atoms with Crippen LogP contribution >= 0.6 is 22.6 Å². The number of nitrogens with zero attached hydrogens (tertiary/aromatic N) is 1. The third kappa shape index (κ3) is 4.74. The Hall–Kier alpha value is -1.56. The van der Waals surface area contributed by atoms with E-state index in [4.69, 9.17) is 4.74 Å². The first-order valence-electron chi connectivity index (χ1n) is 6.77. The van der Waals surface area contributed by atoms with E-state index in [1.54, 1.807) is 11.9 Å². The second-order valence-electron chi connectivity index (χ2n) is 4.90. The van der Waals surface area contributed by atoms with E-state index < -0.39 is 0 Å². The minimum absolute atomic E-state index is 0.0132. The van der Waals surface area contributed by atoms with Gasteiger partial charge in [0.25, 0.3) is 5.91 Å². The average Bonchev–Trinajstić information content (AvgIpc) is 2.47. The Morgan fingerprint density at radius 1 is 1.19 bits per heavy atom. The number of rotatable bonds is 5. The highest BCUT2D eigenvalue weighted by molar-refractivity contribution is 14.1. The number of halogens is 1. The van der Waals surface area contributed by atoms with Gasteiger partial charge in [-0.3, -0.25) is 4.79 Å². The number of carbonyl (C=O) groups excluding carboxylic acids is 1. The Morgan fingerprint density at radius 2 is 1.90 bits per heavy atom. The molecule has 0 saturated carbocycles. The van der Waals surface area contributed by atoms with Gasteiger partial charge in [0.2, 0.25) is 0 Å². The second kappa shape index (κ2) is 7.45. The van der Waals surface area contributed by atoms with Gasteiger partial charge in [-0.15, -0.1) is 0 Å². The number of benzene rings is 2. The zero-order valence-electron chi connectivity index (χ0n) is 12.2. The lowest BCUT2D eigenvalue weighted by Crippen LogP contribution is -2.30. The van der Waals surface area contributed by atoms with Crippen LogP contribution in [0.1, 0.15) is 15.9 Å². The maximum atomic E-state index is 12.2. The fourth-order valence-corrected chi connectivity index (χ4v) is 2.28. The first kappa shape index (κ1) is 15.8. The van der Waals surface area contributed by atoms with Crippen molar-refractivity contribution in [3.05, 3.63) is 63.2 Å². The maximum Gasteiger partial charge on any atom is 0.253 e. The van der Waals surface area contributed by atoms with E-state index in [2.05, 4.69) is 22.6 Å². The zero-order valence-corrected chi connectivity index (χ0v) is 14.3. The molecule has 0 radical (unpaired) electrons. The number of hydrogen-bond donors (Lipinski definition) is 0. The third-order valence-electron chi connectivity index (χ3n) is 3.12. The molecule has 2 aromatic carbocycles. The van der Waals surface area contributed by atoms with Crippen LogP contribution in [0.3, 0.4) is 0 Å². The molecule has 0 N–H and O–H groups in total. The molecule has 0 aliphatic rings. The van der Waals surface area contributed by atoms with Gasteiger partial charge in [-0.2, -0.15) is 0 Å². The molecule has 0 atom stereocenters. The van der Waals surface area contributed by atoms with Crippen LogP contribution < -0.4 is 4.74 Å². The van der Waals surface area contributed by atoms with Crippen LogP contribution in [0, 0.1) is 10.5 Å². The summed E-state index contributed by atoms with van der Waals surface area (Å²) in [6, 6.07) is 15.5. The molecular formula is C17H18INO2. The Morgan fingerprint density at radius 3 is 2.57 bits per heavy atom. The summed E-state index contributed by atoms with van der Waals surface area (Å²) in [5.74, 6) is 0.851. The van der Waals surface area contributed by atoms with Gasteiger partial charge < -0.3 is 9.64 Å². The second-order valence-corrected chi connectivity index (χ2v) is 6.14. The summed E-state index contributed by atoms with van der Waals surface area (Å²) in [6.07, 6.45) is 0. The highest BCUT2D eigenvalue weighted by Crippen LogP contribution is 2.12. The molecule has 0 fully saturated rings. The van der Waals surface area contributed by atoms with Crippen molar-refractivity contribution in [2.75, 3.05) is 20.2 Å². The fraction of sp³-hybridized carbons (Fsp3) is 0.235. The molecule has 0 saturated heterocycles. The van der Waals surface area contributed by atoms with Gasteiger partial charge in [-0.1, -0.05) is 12.1 Å². The Kier molecular flexibility index (Phi) is 5.61. The first-order chi connectivity index (χ1) is 10.1. The quantitative estimate of drug-likeness (QED) is 0.722. The van der Waals surface area contributed by atoms with Crippen LogP contribution in [-0.2, 0) is 0 Å². The Balaban J connectivity index is 1.85. The molecule has 2 rings (SSSR count). The number of carbonyl (C=O) groups is 1. The molecule has 4 heteroatoms. The predicted octanol–water partition coefficient (Wildman–Crippen LogP) is 3.75. The molecule has 0 unspecified atom stereocenters. The summed E-state index contributed by atoms with van der Waals surface area (Å²) >= 11 is 2.22. The van der Waals surface area contributed by atoms with Crippen molar-refractivity contribution in [1.29, 1.82) is 0 Å². The van der Waals surface area contributed by atoms with E-state index in [0.717, 1.165) is 14.9 Å². The lowest BCUT2D eigenvalue weighted by atomic mass is 10.2. The van der Waals surface area contributed by atoms with E-state index >= 15 is 0 Å². The monoisotopic (exact) mass is 395 g/mol. The van der Waals surface area contributed by atoms with E-state index in [-0.39, 0.29) is 5.91 Å². The number of likely N-dealkylation sites (N-methyl/N-ethyl adjacent to an activating group) is 1. The molecule has 0 aliphatic heterocycles. The van der Waals surface area contributed by atoms with Gasteiger partial charge in [0, 0.05) is 16.2 Å².